The van der Waals surface area contributed by atoms with Gasteiger partial charge >= 0.3 is 5.97 Å². The van der Waals surface area contributed by atoms with Crippen LogP contribution < -0.4 is 0 Å². The molecule has 0 aliphatic carbocycles. The van der Waals surface area contributed by atoms with E-state index in [4.69, 9.17) is 9.84 Å². The second-order valence-corrected chi connectivity index (χ2v) is 13.5. The van der Waals surface area contributed by atoms with Crippen LogP contribution in [0.15, 0.2) is 29.3 Å². The summed E-state index contributed by atoms with van der Waals surface area (Å²) in [5.41, 5.74) is -0.392. The molecule has 0 saturated heterocycles. The Hall–Kier alpha value is -1.62. The smallest absolute Gasteiger partial charge is 0.303 e. The van der Waals surface area contributed by atoms with Crippen molar-refractivity contribution in [2.45, 2.75) is 206 Å². The van der Waals surface area contributed by atoms with Crippen molar-refractivity contribution in [2.75, 3.05) is 13.2 Å². The van der Waals surface area contributed by atoms with Gasteiger partial charge < -0.3 is 14.9 Å². The number of aliphatic hydroxyl groups is 1. The maximum Gasteiger partial charge on any atom is 0.303 e. The average molecular weight is 634 g/mol. The van der Waals surface area contributed by atoms with E-state index in [2.05, 4.69) is 43.1 Å². The predicted octanol–water partition coefficient (Wildman–Crippen LogP) is 12.3. The number of aliphatic carboxylic acids is 1. The van der Waals surface area contributed by atoms with Crippen molar-refractivity contribution in [3.63, 3.8) is 0 Å². The molecule has 0 spiro atoms. The highest BCUT2D eigenvalue weighted by Crippen LogP contribution is 2.20. The summed E-state index contributed by atoms with van der Waals surface area (Å²) >= 11 is 0. The number of hydrogen-bond acceptors (Lipinski definition) is 4. The number of aliphatic hydroxyl groups excluding tert-OH is 1. The summed E-state index contributed by atoms with van der Waals surface area (Å²) in [5.74, 6) is 0.178. The fraction of sp³-hybridized carbons (Fsp3) is 0.850. The molecule has 264 valence electrons. The van der Waals surface area contributed by atoms with Crippen LogP contribution in [0.5, 0.6) is 0 Å². The minimum Gasteiger partial charge on any atom is -0.481 e. The van der Waals surface area contributed by atoms with E-state index < -0.39 is 11.5 Å². The molecule has 5 heteroatoms. The van der Waals surface area contributed by atoms with Crippen LogP contribution in [-0.4, -0.2) is 40.8 Å². The fourth-order valence-electron chi connectivity index (χ4n) is 5.51. The monoisotopic (exact) mass is 634 g/mol. The lowest BCUT2D eigenvalue weighted by Crippen LogP contribution is -2.28. The first kappa shape index (κ1) is 43.4. The Morgan fingerprint density at radius 3 is 1.40 bits per heavy atom. The van der Waals surface area contributed by atoms with Crippen LogP contribution in [0.25, 0.3) is 0 Å². The van der Waals surface area contributed by atoms with E-state index in [1.165, 1.54) is 148 Å². The van der Waals surface area contributed by atoms with Crippen molar-refractivity contribution in [1.82, 2.24) is 0 Å². The van der Waals surface area contributed by atoms with Crippen LogP contribution in [0.3, 0.4) is 0 Å². The minimum atomic E-state index is -0.664. The van der Waals surface area contributed by atoms with Crippen LogP contribution in [0.1, 0.15) is 201 Å². The molecule has 0 saturated carbocycles. The molecule has 0 amide bonds. The molecule has 0 radical (unpaired) electrons. The maximum absolute atomic E-state index is 10.3. The predicted molar refractivity (Wildman–Crippen MR) is 195 cm³/mol. The number of carboxylic acid groups (broad SMARTS) is 1. The molecule has 0 bridgehead atoms. The molecule has 45 heavy (non-hydrogen) atoms. The number of carbonyl (C=O) groups is 1. The van der Waals surface area contributed by atoms with Gasteiger partial charge in [-0.2, -0.15) is 0 Å². The zero-order chi connectivity index (χ0) is 33.1. The number of aliphatic imine (C=N–C) groups is 1. The highest BCUT2D eigenvalue weighted by Gasteiger charge is 2.30. The molecular formula is C40H75NO4. The molecule has 0 aromatic carbocycles. The minimum absolute atomic E-state index is 0.0723. The van der Waals surface area contributed by atoms with Gasteiger partial charge in [-0.3, -0.25) is 4.79 Å². The van der Waals surface area contributed by atoms with Crippen LogP contribution in [0, 0.1) is 0 Å². The third-order valence-corrected chi connectivity index (χ3v) is 8.59. The van der Waals surface area contributed by atoms with Gasteiger partial charge in [0.25, 0.3) is 0 Å². The lowest BCUT2D eigenvalue weighted by atomic mass is 10.1. The normalized spacial score (nSPS) is 16.2. The SMILES string of the molecule is CCCCCCCC/C=C/CCCCCCCC1=NC(C)(CO)CO1.CCCCCCCC/C=C\CCCCCCCC(=O)O. The van der Waals surface area contributed by atoms with Crippen molar-refractivity contribution in [3.8, 4) is 0 Å². The van der Waals surface area contributed by atoms with E-state index in [0.29, 0.717) is 13.0 Å². The van der Waals surface area contributed by atoms with Crippen LogP contribution in [-0.2, 0) is 9.53 Å². The lowest BCUT2D eigenvalue weighted by molar-refractivity contribution is -0.137. The van der Waals surface area contributed by atoms with Gasteiger partial charge in [0.15, 0.2) is 5.90 Å². The summed E-state index contributed by atoms with van der Waals surface area (Å²) in [5, 5.41) is 17.8. The number of ether oxygens (including phenoxy) is 1. The topological polar surface area (TPSA) is 79.1 Å². The highest BCUT2D eigenvalue weighted by atomic mass is 16.5. The number of rotatable bonds is 31. The first-order chi connectivity index (χ1) is 22.0. The molecule has 0 aromatic rings. The maximum atomic E-state index is 10.3. The number of allylic oxidation sites excluding steroid dienone is 4. The number of carboxylic acids is 1. The summed E-state index contributed by atoms with van der Waals surface area (Å²) in [6.07, 6.45) is 44.1. The van der Waals surface area contributed by atoms with Gasteiger partial charge in [0.2, 0.25) is 0 Å². The molecule has 5 nitrogen and oxygen atoms in total. The van der Waals surface area contributed by atoms with Gasteiger partial charge in [0.05, 0.1) is 6.61 Å². The fourth-order valence-corrected chi connectivity index (χ4v) is 5.51. The summed E-state index contributed by atoms with van der Waals surface area (Å²) in [6.45, 7) is 7.08. The Labute approximate surface area is 279 Å². The number of hydrogen-bond donors (Lipinski definition) is 2. The molecule has 0 fully saturated rings. The zero-order valence-corrected chi connectivity index (χ0v) is 30.2. The third-order valence-electron chi connectivity index (χ3n) is 8.59. The second-order valence-electron chi connectivity index (χ2n) is 13.5. The Bertz CT molecular complexity index is 732. The van der Waals surface area contributed by atoms with E-state index >= 15 is 0 Å². The van der Waals surface area contributed by atoms with Gasteiger partial charge in [0, 0.05) is 12.8 Å². The van der Waals surface area contributed by atoms with Crippen molar-refractivity contribution < 1.29 is 19.7 Å². The van der Waals surface area contributed by atoms with Crippen molar-refractivity contribution in [3.05, 3.63) is 24.3 Å². The second kappa shape index (κ2) is 33.7. The summed E-state index contributed by atoms with van der Waals surface area (Å²) in [6, 6.07) is 0. The zero-order valence-electron chi connectivity index (χ0n) is 30.2. The van der Waals surface area contributed by atoms with Gasteiger partial charge in [0.1, 0.15) is 12.1 Å². The molecule has 1 unspecified atom stereocenters. The Balaban J connectivity index is 0.000000884. The molecule has 1 heterocycles. The van der Waals surface area contributed by atoms with Gasteiger partial charge in [-0.25, -0.2) is 4.99 Å². The summed E-state index contributed by atoms with van der Waals surface area (Å²) in [4.78, 5) is 14.8. The van der Waals surface area contributed by atoms with Crippen molar-refractivity contribution in [1.29, 1.82) is 0 Å². The van der Waals surface area contributed by atoms with Gasteiger partial charge in [-0.15, -0.1) is 0 Å². The quantitative estimate of drug-likeness (QED) is 0.0588. The van der Waals surface area contributed by atoms with Crippen molar-refractivity contribution in [2.24, 2.45) is 4.99 Å². The molecule has 1 aliphatic heterocycles. The molecule has 0 aromatic heterocycles. The highest BCUT2D eigenvalue weighted by molar-refractivity contribution is 5.78. The average Bonchev–Trinajstić information content (AvgIpc) is 3.42. The molecule has 1 aliphatic rings. The Morgan fingerprint density at radius 1 is 0.644 bits per heavy atom. The van der Waals surface area contributed by atoms with Crippen LogP contribution in [0.4, 0.5) is 0 Å². The standard InChI is InChI=1S/C22H41NO2.C18H34O2/c1-3-4-5-6-7-8-9-10-11-12-13-14-15-16-17-18-21-23-22(2,19-24)20-25-21;1-2-3-4-5-6-7-8-9-10-11-12-13-14-15-16-17-18(19)20/h10-11,24H,3-9,12-20H2,1-2H3;9-10H,2-8,11-17H2,1H3,(H,19,20)/b11-10+;10-9-. The summed E-state index contributed by atoms with van der Waals surface area (Å²) in [7, 11) is 0. The summed E-state index contributed by atoms with van der Waals surface area (Å²) < 4.78 is 5.56. The largest absolute Gasteiger partial charge is 0.481 e. The van der Waals surface area contributed by atoms with E-state index in [1.807, 2.05) is 6.92 Å². The first-order valence-corrected chi connectivity index (χ1v) is 19.3. The van der Waals surface area contributed by atoms with Gasteiger partial charge in [-0.05, 0) is 71.1 Å². The molecular weight excluding hydrogens is 558 g/mol. The number of nitrogens with zero attached hydrogens (tertiary/aromatic N) is 1. The Kier molecular flexibility index (Phi) is 32.5. The first-order valence-electron chi connectivity index (χ1n) is 19.3. The van der Waals surface area contributed by atoms with E-state index in [1.54, 1.807) is 0 Å². The van der Waals surface area contributed by atoms with E-state index in [0.717, 1.165) is 31.6 Å². The third kappa shape index (κ3) is 32.1. The van der Waals surface area contributed by atoms with E-state index in [-0.39, 0.29) is 6.61 Å². The molecule has 1 atom stereocenters. The molecule has 1 rings (SSSR count). The number of unbranched alkanes of at least 4 members (excludes halogenated alkanes) is 22. The van der Waals surface area contributed by atoms with Crippen molar-refractivity contribution >= 4 is 11.9 Å². The van der Waals surface area contributed by atoms with Crippen LogP contribution >= 0.6 is 0 Å². The molecule has 2 N–H and O–H groups in total. The van der Waals surface area contributed by atoms with Crippen LogP contribution in [0.2, 0.25) is 0 Å². The van der Waals surface area contributed by atoms with Gasteiger partial charge in [-0.1, -0.05) is 141 Å². The van der Waals surface area contributed by atoms with E-state index in [9.17, 15) is 9.90 Å². The lowest BCUT2D eigenvalue weighted by Gasteiger charge is -2.12. The Morgan fingerprint density at radius 2 is 1.02 bits per heavy atom.